The lowest BCUT2D eigenvalue weighted by Gasteiger charge is -2.30. The summed E-state index contributed by atoms with van der Waals surface area (Å²) in [5, 5.41) is 2.49. The second-order valence-electron chi connectivity index (χ2n) is 14.6. The van der Waals surface area contributed by atoms with Gasteiger partial charge in [0, 0.05) is 38.9 Å². The van der Waals surface area contributed by atoms with Crippen LogP contribution in [0.15, 0.2) is 194 Å². The number of rotatable bonds is 5. The summed E-state index contributed by atoms with van der Waals surface area (Å²) in [4.78, 5) is 2.46. The molecule has 0 N–H and O–H groups in total. The Balaban J connectivity index is 1.12. The van der Waals surface area contributed by atoms with E-state index in [0.717, 1.165) is 24.2 Å². The van der Waals surface area contributed by atoms with Crippen LogP contribution in [0.1, 0.15) is 22.3 Å². The third kappa shape index (κ3) is 4.59. The monoisotopic (exact) mass is 676 g/mol. The molecule has 0 unspecified atom stereocenters. The molecule has 1 spiro atoms. The molecule has 2 nitrogen and oxygen atoms in total. The minimum Gasteiger partial charge on any atom is -0.310 e. The van der Waals surface area contributed by atoms with Crippen molar-refractivity contribution in [2.24, 2.45) is 0 Å². The van der Waals surface area contributed by atoms with Crippen molar-refractivity contribution in [2.45, 2.75) is 18.3 Å². The third-order valence-corrected chi connectivity index (χ3v) is 11.8. The maximum absolute atomic E-state index is 2.50. The van der Waals surface area contributed by atoms with E-state index in [1.165, 1.54) is 77.7 Å². The minimum atomic E-state index is -0.0818. The molecule has 1 aromatic heterocycles. The summed E-state index contributed by atoms with van der Waals surface area (Å²) in [7, 11) is 0. The van der Waals surface area contributed by atoms with E-state index in [0.29, 0.717) is 0 Å². The largest absolute Gasteiger partial charge is 0.310 e. The number of benzene rings is 8. The lowest BCUT2D eigenvalue weighted by atomic mass is 9.75. The Morgan fingerprint density at radius 1 is 0.396 bits per heavy atom. The molecule has 0 saturated heterocycles. The summed E-state index contributed by atoms with van der Waals surface area (Å²) in [6, 6.07) is 71.6. The van der Waals surface area contributed by atoms with Crippen molar-refractivity contribution in [3.63, 3.8) is 0 Å². The van der Waals surface area contributed by atoms with E-state index in [-0.39, 0.29) is 5.41 Å². The van der Waals surface area contributed by atoms with Gasteiger partial charge in [-0.2, -0.15) is 0 Å². The Kier molecular flexibility index (Phi) is 6.63. The van der Waals surface area contributed by atoms with E-state index < -0.39 is 0 Å². The molecule has 2 aliphatic carbocycles. The van der Waals surface area contributed by atoms with Crippen LogP contribution in [0.3, 0.4) is 0 Å². The molecular weight excluding hydrogens is 641 g/mol. The van der Waals surface area contributed by atoms with Crippen LogP contribution in [0, 0.1) is 0 Å². The molecule has 0 fully saturated rings. The average molecular weight is 677 g/mol. The van der Waals surface area contributed by atoms with E-state index in [1.807, 2.05) is 0 Å². The fourth-order valence-corrected chi connectivity index (χ4v) is 9.41. The molecule has 1 heterocycles. The predicted molar refractivity (Wildman–Crippen MR) is 221 cm³/mol. The molecule has 0 amide bonds. The van der Waals surface area contributed by atoms with Crippen molar-refractivity contribution < 1.29 is 0 Å². The second-order valence-corrected chi connectivity index (χ2v) is 14.6. The van der Waals surface area contributed by atoms with E-state index in [1.54, 1.807) is 0 Å². The van der Waals surface area contributed by atoms with Gasteiger partial charge in [-0.3, -0.25) is 0 Å². The molecule has 53 heavy (non-hydrogen) atoms. The number of para-hydroxylation sites is 2. The normalized spacial score (nSPS) is 13.7. The van der Waals surface area contributed by atoms with E-state index in [2.05, 4.69) is 204 Å². The standard InChI is InChI=1S/C51H36N2/c1-3-13-35(14-4-1)36-23-25-40(26-24-36)52(41-28-30-50-46(31-41)45-20-10-12-22-49(45)53(50)39-17-5-2-6-18-39)42-27-29-44-43-19-9-11-21-47(43)51(48(44)32-42)33-37-15-7-8-16-38(37)34-51/h1-32H,33-34H2. The Labute approximate surface area is 309 Å². The first-order valence-corrected chi connectivity index (χ1v) is 18.6. The highest BCUT2D eigenvalue weighted by Crippen LogP contribution is 2.56. The Hall–Kier alpha value is -6.64. The van der Waals surface area contributed by atoms with Crippen molar-refractivity contribution >= 4 is 38.9 Å². The number of hydrogen-bond acceptors (Lipinski definition) is 1. The van der Waals surface area contributed by atoms with Crippen LogP contribution in [0.4, 0.5) is 17.1 Å². The number of fused-ring (bicyclic) bond motifs is 9. The van der Waals surface area contributed by atoms with Crippen LogP contribution in [0.5, 0.6) is 0 Å². The van der Waals surface area contributed by atoms with E-state index in [4.69, 9.17) is 0 Å². The van der Waals surface area contributed by atoms with Gasteiger partial charge < -0.3 is 9.47 Å². The Morgan fingerprint density at radius 3 is 1.75 bits per heavy atom. The van der Waals surface area contributed by atoms with Crippen LogP contribution in [0.2, 0.25) is 0 Å². The molecule has 8 aromatic carbocycles. The van der Waals surface area contributed by atoms with Crippen molar-refractivity contribution in [1.29, 1.82) is 0 Å². The topological polar surface area (TPSA) is 8.17 Å². The molecule has 2 aliphatic rings. The van der Waals surface area contributed by atoms with Gasteiger partial charge in [-0.15, -0.1) is 0 Å². The van der Waals surface area contributed by atoms with Gasteiger partial charge in [0.25, 0.3) is 0 Å². The number of hydrogen-bond donors (Lipinski definition) is 0. The molecule has 0 radical (unpaired) electrons. The smallest absolute Gasteiger partial charge is 0.0542 e. The quantitative estimate of drug-likeness (QED) is 0.176. The van der Waals surface area contributed by atoms with Crippen molar-refractivity contribution in [2.75, 3.05) is 4.90 Å². The summed E-state index contributed by atoms with van der Waals surface area (Å²) in [6.45, 7) is 0. The van der Waals surface area contributed by atoms with Crippen molar-refractivity contribution in [3.05, 3.63) is 216 Å². The Bertz CT molecular complexity index is 2800. The first-order valence-electron chi connectivity index (χ1n) is 18.6. The van der Waals surface area contributed by atoms with Gasteiger partial charge in [-0.05, 0) is 118 Å². The highest BCUT2D eigenvalue weighted by atomic mass is 15.1. The van der Waals surface area contributed by atoms with E-state index in [9.17, 15) is 0 Å². The summed E-state index contributed by atoms with van der Waals surface area (Å²) >= 11 is 0. The Morgan fingerprint density at radius 2 is 0.962 bits per heavy atom. The summed E-state index contributed by atoms with van der Waals surface area (Å²) < 4.78 is 2.39. The molecule has 0 atom stereocenters. The lowest BCUT2D eigenvalue weighted by Crippen LogP contribution is -2.26. The molecule has 9 aromatic rings. The number of nitrogens with zero attached hydrogens (tertiary/aromatic N) is 2. The minimum absolute atomic E-state index is 0.0818. The van der Waals surface area contributed by atoms with Crippen LogP contribution in [-0.4, -0.2) is 4.57 Å². The van der Waals surface area contributed by atoms with Crippen LogP contribution in [-0.2, 0) is 18.3 Å². The van der Waals surface area contributed by atoms with Gasteiger partial charge >= 0.3 is 0 Å². The predicted octanol–water partition coefficient (Wildman–Crippen LogP) is 13.0. The SMILES string of the molecule is c1ccc(-c2ccc(N(c3ccc4c(c3)C3(Cc5ccccc5C3)c3ccccc3-4)c3ccc4c(c3)c3ccccc3n4-c3ccccc3)cc2)cc1. The molecule has 250 valence electrons. The van der Waals surface area contributed by atoms with Crippen LogP contribution in [0.25, 0.3) is 49.7 Å². The van der Waals surface area contributed by atoms with Crippen molar-refractivity contribution in [3.8, 4) is 27.9 Å². The van der Waals surface area contributed by atoms with Crippen LogP contribution >= 0.6 is 0 Å². The maximum Gasteiger partial charge on any atom is 0.0542 e. The van der Waals surface area contributed by atoms with E-state index >= 15 is 0 Å². The highest BCUT2D eigenvalue weighted by Gasteiger charge is 2.47. The zero-order chi connectivity index (χ0) is 34.9. The first kappa shape index (κ1) is 30.0. The lowest BCUT2D eigenvalue weighted by molar-refractivity contribution is 0.563. The van der Waals surface area contributed by atoms with Gasteiger partial charge in [0.1, 0.15) is 0 Å². The molecular formula is C51H36N2. The fourth-order valence-electron chi connectivity index (χ4n) is 9.41. The fraction of sp³-hybridized carbons (Fsp3) is 0.0588. The molecule has 0 aliphatic heterocycles. The van der Waals surface area contributed by atoms with Crippen molar-refractivity contribution in [1.82, 2.24) is 4.57 Å². The molecule has 0 saturated carbocycles. The molecule has 11 rings (SSSR count). The maximum atomic E-state index is 2.50. The number of aromatic nitrogens is 1. The van der Waals surface area contributed by atoms with Gasteiger partial charge in [0.2, 0.25) is 0 Å². The summed E-state index contributed by atoms with van der Waals surface area (Å²) in [5.41, 5.74) is 17.9. The van der Waals surface area contributed by atoms with Crippen LogP contribution < -0.4 is 4.90 Å². The van der Waals surface area contributed by atoms with Gasteiger partial charge in [-0.1, -0.05) is 133 Å². The summed E-state index contributed by atoms with van der Waals surface area (Å²) in [5.74, 6) is 0. The third-order valence-electron chi connectivity index (χ3n) is 11.8. The average Bonchev–Trinajstić information content (AvgIpc) is 3.87. The van der Waals surface area contributed by atoms with Gasteiger partial charge in [-0.25, -0.2) is 0 Å². The highest BCUT2D eigenvalue weighted by molar-refractivity contribution is 6.10. The molecule has 2 heteroatoms. The summed E-state index contributed by atoms with van der Waals surface area (Å²) in [6.07, 6.45) is 2.04. The first-order chi connectivity index (χ1) is 26.2. The zero-order valence-corrected chi connectivity index (χ0v) is 29.3. The zero-order valence-electron chi connectivity index (χ0n) is 29.3. The van der Waals surface area contributed by atoms with Gasteiger partial charge in [0.15, 0.2) is 0 Å². The number of anilines is 3. The second kappa shape index (κ2) is 11.7. The molecule has 0 bridgehead atoms. The van der Waals surface area contributed by atoms with Gasteiger partial charge in [0.05, 0.1) is 11.0 Å².